The van der Waals surface area contributed by atoms with Gasteiger partial charge in [0.05, 0.1) is 12.3 Å². The summed E-state index contributed by atoms with van der Waals surface area (Å²) >= 11 is 0. The highest BCUT2D eigenvalue weighted by Crippen LogP contribution is 2.32. The third kappa shape index (κ3) is 3.88. The molecule has 158 valence electrons. The average Bonchev–Trinajstić information content (AvgIpc) is 3.30. The third-order valence-corrected chi connectivity index (χ3v) is 5.74. The first kappa shape index (κ1) is 20.3. The Morgan fingerprint density at radius 3 is 2.70 bits per heavy atom. The number of rotatable bonds is 7. The van der Waals surface area contributed by atoms with Crippen LogP contribution in [0.3, 0.4) is 0 Å². The molecule has 1 aliphatic heterocycles. The van der Waals surface area contributed by atoms with Gasteiger partial charge in [-0.15, -0.1) is 0 Å². The van der Waals surface area contributed by atoms with Crippen LogP contribution in [-0.2, 0) is 11.2 Å². The summed E-state index contributed by atoms with van der Waals surface area (Å²) in [5, 5.41) is 0. The third-order valence-electron chi connectivity index (χ3n) is 5.74. The Hall–Kier alpha value is -2.96. The van der Waals surface area contributed by atoms with E-state index in [-0.39, 0.29) is 17.8 Å². The van der Waals surface area contributed by atoms with Crippen LogP contribution in [0.15, 0.2) is 30.5 Å². The molecule has 6 nitrogen and oxygen atoms in total. The van der Waals surface area contributed by atoms with E-state index >= 15 is 0 Å². The number of ketones is 1. The minimum Gasteiger partial charge on any atom is -0.479 e. The van der Waals surface area contributed by atoms with Crippen molar-refractivity contribution in [2.24, 2.45) is 0 Å². The summed E-state index contributed by atoms with van der Waals surface area (Å²) in [6.45, 7) is 4.52. The number of anilines is 1. The molecule has 0 radical (unpaired) electrons. The van der Waals surface area contributed by atoms with Gasteiger partial charge in [-0.2, -0.15) is 0 Å². The Morgan fingerprint density at radius 2 is 2.00 bits per heavy atom. The van der Waals surface area contributed by atoms with Gasteiger partial charge in [0, 0.05) is 36.7 Å². The van der Waals surface area contributed by atoms with Crippen LogP contribution >= 0.6 is 0 Å². The van der Waals surface area contributed by atoms with E-state index in [4.69, 9.17) is 9.47 Å². The van der Waals surface area contributed by atoms with Gasteiger partial charge in [0.1, 0.15) is 11.6 Å². The topological polar surface area (TPSA) is 68.7 Å². The number of halogens is 1. The summed E-state index contributed by atoms with van der Waals surface area (Å²) in [5.74, 6) is 0.239. The van der Waals surface area contributed by atoms with E-state index in [2.05, 4.69) is 18.8 Å². The van der Waals surface area contributed by atoms with Gasteiger partial charge >= 0.3 is 0 Å². The Morgan fingerprint density at radius 1 is 1.20 bits per heavy atom. The first-order chi connectivity index (χ1) is 14.5. The van der Waals surface area contributed by atoms with Crippen LogP contribution in [-0.4, -0.2) is 35.4 Å². The SMILES string of the molecule is CCC(CC)Oc1ccc(O[C@@H]2CCN(c3cc(F)c4c(c3)C(=O)CC4)C2=O)cn1. The van der Waals surface area contributed by atoms with E-state index in [9.17, 15) is 14.0 Å². The average molecular weight is 412 g/mol. The van der Waals surface area contributed by atoms with Gasteiger partial charge < -0.3 is 14.4 Å². The highest BCUT2D eigenvalue weighted by atomic mass is 19.1. The predicted octanol–water partition coefficient (Wildman–Crippen LogP) is 4.10. The predicted molar refractivity (Wildman–Crippen MR) is 110 cm³/mol. The van der Waals surface area contributed by atoms with E-state index in [1.54, 1.807) is 24.4 Å². The van der Waals surface area contributed by atoms with Crippen molar-refractivity contribution in [2.75, 3.05) is 11.4 Å². The highest BCUT2D eigenvalue weighted by Gasteiger charge is 2.36. The van der Waals surface area contributed by atoms with Gasteiger partial charge in [-0.1, -0.05) is 13.8 Å². The van der Waals surface area contributed by atoms with Gasteiger partial charge in [-0.05, 0) is 43.0 Å². The van der Waals surface area contributed by atoms with Gasteiger partial charge in [-0.25, -0.2) is 9.37 Å². The number of aromatic nitrogens is 1. The molecule has 2 aromatic rings. The van der Waals surface area contributed by atoms with Gasteiger partial charge in [0.25, 0.3) is 5.91 Å². The molecule has 1 aliphatic carbocycles. The molecule has 1 amide bonds. The molecule has 0 saturated carbocycles. The number of hydrogen-bond acceptors (Lipinski definition) is 5. The molecule has 0 bridgehead atoms. The van der Waals surface area contributed by atoms with Crippen LogP contribution in [0.25, 0.3) is 0 Å². The fourth-order valence-electron chi connectivity index (χ4n) is 3.97. The molecule has 0 N–H and O–H groups in total. The zero-order valence-corrected chi connectivity index (χ0v) is 17.2. The van der Waals surface area contributed by atoms with Crippen LogP contribution in [0.5, 0.6) is 11.6 Å². The van der Waals surface area contributed by atoms with Crippen LogP contribution in [0, 0.1) is 5.82 Å². The van der Waals surface area contributed by atoms with Gasteiger partial charge in [0.15, 0.2) is 11.9 Å². The fraction of sp³-hybridized carbons (Fsp3) is 0.435. The molecular formula is C23H25FN2O4. The summed E-state index contributed by atoms with van der Waals surface area (Å²) in [4.78, 5) is 30.6. The molecule has 4 rings (SSSR count). The second-order valence-corrected chi connectivity index (χ2v) is 7.65. The van der Waals surface area contributed by atoms with Crippen molar-refractivity contribution in [3.8, 4) is 11.6 Å². The lowest BCUT2D eigenvalue weighted by atomic mass is 10.1. The smallest absolute Gasteiger partial charge is 0.268 e. The number of ether oxygens (including phenoxy) is 2. The number of hydrogen-bond donors (Lipinski definition) is 0. The van der Waals surface area contributed by atoms with Crippen LogP contribution in [0.4, 0.5) is 10.1 Å². The molecule has 1 saturated heterocycles. The number of nitrogens with zero attached hydrogens (tertiary/aromatic N) is 2. The number of fused-ring (bicyclic) bond motifs is 1. The van der Waals surface area contributed by atoms with Crippen molar-refractivity contribution in [3.05, 3.63) is 47.4 Å². The van der Waals surface area contributed by atoms with E-state index in [1.807, 2.05) is 0 Å². The summed E-state index contributed by atoms with van der Waals surface area (Å²) < 4.78 is 26.0. The minimum absolute atomic E-state index is 0.0769. The first-order valence-corrected chi connectivity index (χ1v) is 10.5. The molecular weight excluding hydrogens is 387 g/mol. The van der Waals surface area contributed by atoms with Crippen LogP contribution in [0.1, 0.15) is 55.5 Å². The molecule has 30 heavy (non-hydrogen) atoms. The van der Waals surface area contributed by atoms with E-state index in [0.717, 1.165) is 12.8 Å². The quantitative estimate of drug-likeness (QED) is 0.685. The second-order valence-electron chi connectivity index (χ2n) is 7.65. The van der Waals surface area contributed by atoms with Crippen LogP contribution in [0.2, 0.25) is 0 Å². The normalized spacial score (nSPS) is 18.3. The highest BCUT2D eigenvalue weighted by molar-refractivity contribution is 6.04. The van der Waals surface area contributed by atoms with Crippen molar-refractivity contribution >= 4 is 17.4 Å². The fourth-order valence-corrected chi connectivity index (χ4v) is 3.97. The first-order valence-electron chi connectivity index (χ1n) is 10.5. The molecule has 2 aliphatic rings. The van der Waals surface area contributed by atoms with Crippen LogP contribution < -0.4 is 14.4 Å². The van der Waals surface area contributed by atoms with E-state index < -0.39 is 11.9 Å². The Kier molecular flexibility index (Phi) is 5.70. The Labute approximate surface area is 175 Å². The van der Waals surface area contributed by atoms with Crippen molar-refractivity contribution < 1.29 is 23.5 Å². The molecule has 1 fully saturated rings. The zero-order chi connectivity index (χ0) is 21.3. The van der Waals surface area contributed by atoms with Gasteiger partial charge in [0.2, 0.25) is 5.88 Å². The number of carbonyl (C=O) groups is 2. The molecule has 0 spiro atoms. The molecule has 1 atom stereocenters. The minimum atomic E-state index is -0.676. The lowest BCUT2D eigenvalue weighted by Gasteiger charge is -2.19. The lowest BCUT2D eigenvalue weighted by molar-refractivity contribution is -0.122. The van der Waals surface area contributed by atoms with Crippen molar-refractivity contribution in [2.45, 2.75) is 58.2 Å². The van der Waals surface area contributed by atoms with Crippen molar-refractivity contribution in [1.82, 2.24) is 4.98 Å². The molecule has 0 unspecified atom stereocenters. The van der Waals surface area contributed by atoms with Gasteiger partial charge in [-0.3, -0.25) is 9.59 Å². The Balaban J connectivity index is 1.44. The number of amides is 1. The number of Topliss-reactive ketones (excluding diaryl/α,β-unsaturated/α-hetero) is 1. The molecule has 7 heteroatoms. The standard InChI is InChI=1S/C23H25FN2O4/c1-3-15(4-2)30-22-8-5-16(13-25-22)29-21-9-10-26(23(21)28)14-11-18-17(19(24)12-14)6-7-20(18)27/h5,8,11-13,15,21H,3-4,6-7,9-10H2,1-2H3/t21-/m1/s1. The van der Waals surface area contributed by atoms with Crippen molar-refractivity contribution in [3.63, 3.8) is 0 Å². The van der Waals surface area contributed by atoms with E-state index in [0.29, 0.717) is 54.3 Å². The second kappa shape index (κ2) is 8.42. The zero-order valence-electron chi connectivity index (χ0n) is 17.2. The summed E-state index contributed by atoms with van der Waals surface area (Å²) in [6, 6.07) is 6.42. The molecule has 2 heterocycles. The molecule has 1 aromatic carbocycles. The maximum Gasteiger partial charge on any atom is 0.268 e. The summed E-state index contributed by atoms with van der Waals surface area (Å²) in [6.07, 6.45) is 4.00. The number of benzene rings is 1. The monoisotopic (exact) mass is 412 g/mol. The summed E-state index contributed by atoms with van der Waals surface area (Å²) in [7, 11) is 0. The van der Waals surface area contributed by atoms with E-state index in [1.165, 1.54) is 11.0 Å². The Bertz CT molecular complexity index is 956. The number of carbonyl (C=O) groups excluding carboxylic acids is 2. The maximum absolute atomic E-state index is 14.4. The summed E-state index contributed by atoms with van der Waals surface area (Å²) in [5.41, 5.74) is 1.24. The van der Waals surface area contributed by atoms with Crippen molar-refractivity contribution in [1.29, 1.82) is 0 Å². The lowest BCUT2D eigenvalue weighted by Crippen LogP contribution is -2.32. The largest absolute Gasteiger partial charge is 0.479 e. The number of pyridine rings is 1. The molecule has 1 aromatic heterocycles. The maximum atomic E-state index is 14.4.